The summed E-state index contributed by atoms with van der Waals surface area (Å²) in [5.74, 6) is -1.65. The Kier molecular flexibility index (Phi) is 4.01. The topological polar surface area (TPSA) is 101 Å². The Morgan fingerprint density at radius 2 is 1.86 bits per heavy atom. The fraction of sp³-hybridized carbons (Fsp3) is 0.286. The predicted octanol–water partition coefficient (Wildman–Crippen LogP) is 2.36. The Labute approximate surface area is 131 Å². The minimum absolute atomic E-state index is 0.204. The van der Waals surface area contributed by atoms with Gasteiger partial charge in [0, 0.05) is 16.6 Å². The number of carboxylic acids is 1. The molecule has 8 heteroatoms. The Morgan fingerprint density at radius 1 is 1.23 bits per heavy atom. The number of carboxylic acid groups (broad SMARTS) is 1. The average molecular weight is 341 g/mol. The minimum Gasteiger partial charge on any atom is -0.477 e. The van der Waals surface area contributed by atoms with Gasteiger partial charge in [0.25, 0.3) is 0 Å². The number of anilines is 1. The van der Waals surface area contributed by atoms with Crippen molar-refractivity contribution in [1.29, 1.82) is 0 Å². The lowest BCUT2D eigenvalue weighted by molar-refractivity contribution is -0.117. The number of rotatable bonds is 4. The van der Waals surface area contributed by atoms with Crippen molar-refractivity contribution in [1.82, 2.24) is 0 Å². The van der Waals surface area contributed by atoms with Gasteiger partial charge in [-0.2, -0.15) is 0 Å². The molecule has 0 aliphatic rings. The molecule has 0 saturated carbocycles. The van der Waals surface area contributed by atoms with Crippen LogP contribution in [0.2, 0.25) is 0 Å². The Bertz CT molecular complexity index is 864. The Morgan fingerprint density at radius 3 is 2.41 bits per heavy atom. The first kappa shape index (κ1) is 16.4. The lowest BCUT2D eigenvalue weighted by atomic mass is 10.1. The van der Waals surface area contributed by atoms with E-state index >= 15 is 0 Å². The van der Waals surface area contributed by atoms with Gasteiger partial charge in [-0.05, 0) is 43.5 Å². The maximum atomic E-state index is 12.1. The number of aromatic carboxylic acids is 1. The van der Waals surface area contributed by atoms with Crippen molar-refractivity contribution in [3.05, 3.63) is 29.1 Å². The van der Waals surface area contributed by atoms with Gasteiger partial charge in [0.15, 0.2) is 9.84 Å². The van der Waals surface area contributed by atoms with Crippen LogP contribution in [0.15, 0.2) is 24.3 Å². The second kappa shape index (κ2) is 5.36. The van der Waals surface area contributed by atoms with Crippen LogP contribution < -0.4 is 5.32 Å². The maximum absolute atomic E-state index is 12.1. The van der Waals surface area contributed by atoms with Gasteiger partial charge in [-0.15, -0.1) is 11.3 Å². The number of hydrogen-bond donors (Lipinski definition) is 2. The molecule has 0 bridgehead atoms. The quantitative estimate of drug-likeness (QED) is 0.889. The summed E-state index contributed by atoms with van der Waals surface area (Å²) in [4.78, 5) is 23.3. The lowest BCUT2D eigenvalue weighted by Crippen LogP contribution is -2.43. The molecule has 1 heterocycles. The van der Waals surface area contributed by atoms with Gasteiger partial charge in [-0.1, -0.05) is 0 Å². The van der Waals surface area contributed by atoms with E-state index in [9.17, 15) is 18.0 Å². The van der Waals surface area contributed by atoms with Crippen molar-refractivity contribution < 1.29 is 23.1 Å². The summed E-state index contributed by atoms with van der Waals surface area (Å²) in [7, 11) is -3.56. The number of carbonyl (C=O) groups is 2. The zero-order valence-corrected chi connectivity index (χ0v) is 13.8. The molecule has 0 atom stereocenters. The molecule has 22 heavy (non-hydrogen) atoms. The molecule has 6 nitrogen and oxygen atoms in total. The van der Waals surface area contributed by atoms with Crippen LogP contribution in [-0.4, -0.2) is 36.4 Å². The first-order valence-electron chi connectivity index (χ1n) is 6.30. The second-order valence-electron chi connectivity index (χ2n) is 5.41. The Balaban J connectivity index is 2.33. The summed E-state index contributed by atoms with van der Waals surface area (Å²) < 4.78 is 22.5. The van der Waals surface area contributed by atoms with E-state index in [1.54, 1.807) is 18.2 Å². The largest absolute Gasteiger partial charge is 0.477 e. The number of sulfone groups is 1. The highest BCUT2D eigenvalue weighted by molar-refractivity contribution is 7.92. The van der Waals surface area contributed by atoms with Crippen molar-refractivity contribution >= 4 is 48.8 Å². The van der Waals surface area contributed by atoms with E-state index < -0.39 is 26.5 Å². The molecule has 2 rings (SSSR count). The number of amides is 1. The molecule has 118 valence electrons. The van der Waals surface area contributed by atoms with Crippen molar-refractivity contribution in [3.63, 3.8) is 0 Å². The summed E-state index contributed by atoms with van der Waals surface area (Å²) in [5, 5.41) is 12.2. The summed E-state index contributed by atoms with van der Waals surface area (Å²) in [6.07, 6.45) is 1.01. The van der Waals surface area contributed by atoms with Crippen LogP contribution in [0.5, 0.6) is 0 Å². The van der Waals surface area contributed by atoms with Crippen LogP contribution in [0, 0.1) is 0 Å². The first-order chi connectivity index (χ1) is 10.0. The van der Waals surface area contributed by atoms with Gasteiger partial charge >= 0.3 is 5.97 Å². The number of benzene rings is 1. The van der Waals surface area contributed by atoms with Crippen molar-refractivity contribution in [2.75, 3.05) is 11.6 Å². The third kappa shape index (κ3) is 2.97. The normalized spacial score (nSPS) is 12.3. The van der Waals surface area contributed by atoms with Crippen LogP contribution >= 0.6 is 11.3 Å². The second-order valence-corrected chi connectivity index (χ2v) is 9.05. The van der Waals surface area contributed by atoms with Gasteiger partial charge in [0.1, 0.15) is 9.62 Å². The van der Waals surface area contributed by atoms with E-state index in [0.29, 0.717) is 11.1 Å². The molecule has 0 radical (unpaired) electrons. The molecule has 0 saturated heterocycles. The molecule has 0 fully saturated rings. The lowest BCUT2D eigenvalue weighted by Gasteiger charge is -2.21. The molecule has 0 aliphatic carbocycles. The van der Waals surface area contributed by atoms with Gasteiger partial charge in [-0.3, -0.25) is 4.79 Å². The van der Waals surface area contributed by atoms with E-state index in [1.807, 2.05) is 0 Å². The van der Waals surface area contributed by atoms with Crippen LogP contribution in [0.25, 0.3) is 10.1 Å². The molecule has 2 N–H and O–H groups in total. The molecular weight excluding hydrogens is 326 g/mol. The predicted molar refractivity (Wildman–Crippen MR) is 86.3 cm³/mol. The van der Waals surface area contributed by atoms with Crippen LogP contribution in [0.1, 0.15) is 23.5 Å². The third-order valence-corrected chi connectivity index (χ3v) is 6.60. The van der Waals surface area contributed by atoms with E-state index in [4.69, 9.17) is 5.11 Å². The van der Waals surface area contributed by atoms with Crippen molar-refractivity contribution in [2.24, 2.45) is 0 Å². The number of hydrogen-bond acceptors (Lipinski definition) is 5. The zero-order valence-electron chi connectivity index (χ0n) is 12.2. The molecule has 0 spiro atoms. The van der Waals surface area contributed by atoms with Crippen molar-refractivity contribution in [2.45, 2.75) is 18.6 Å². The molecule has 1 aromatic carbocycles. The maximum Gasteiger partial charge on any atom is 0.345 e. The van der Waals surface area contributed by atoms with Gasteiger partial charge < -0.3 is 10.4 Å². The number of carbonyl (C=O) groups excluding carboxylic acids is 1. The standard InChI is InChI=1S/C14H15NO5S2/c1-14(2,22(3,19)20)13(18)15-9-4-5-10-8(6-9)7-11(21-10)12(16)17/h4-7H,1-3H3,(H,15,18)(H,16,17). The molecular formula is C14H15NO5S2. The number of thiophene rings is 1. The highest BCUT2D eigenvalue weighted by Crippen LogP contribution is 2.29. The summed E-state index contributed by atoms with van der Waals surface area (Å²) >= 11 is 1.13. The van der Waals surface area contributed by atoms with Gasteiger partial charge in [0.05, 0.1) is 0 Å². The minimum atomic E-state index is -3.56. The van der Waals surface area contributed by atoms with Crippen LogP contribution in [0.3, 0.4) is 0 Å². The molecule has 1 aromatic heterocycles. The fourth-order valence-electron chi connectivity index (χ4n) is 1.68. The highest BCUT2D eigenvalue weighted by Gasteiger charge is 2.38. The molecule has 0 aliphatic heterocycles. The number of nitrogens with one attached hydrogen (secondary N) is 1. The highest BCUT2D eigenvalue weighted by atomic mass is 32.2. The fourth-order valence-corrected chi connectivity index (χ4v) is 2.95. The monoisotopic (exact) mass is 341 g/mol. The van der Waals surface area contributed by atoms with E-state index in [2.05, 4.69) is 5.32 Å². The molecule has 1 amide bonds. The van der Waals surface area contributed by atoms with Gasteiger partial charge in [-0.25, -0.2) is 13.2 Å². The summed E-state index contributed by atoms with van der Waals surface area (Å²) in [6, 6.07) is 6.43. The van der Waals surface area contributed by atoms with E-state index in [0.717, 1.165) is 22.3 Å². The molecule has 2 aromatic rings. The Hall–Kier alpha value is -1.93. The average Bonchev–Trinajstić information content (AvgIpc) is 2.80. The zero-order chi connectivity index (χ0) is 16.7. The van der Waals surface area contributed by atoms with E-state index in [1.165, 1.54) is 19.9 Å². The van der Waals surface area contributed by atoms with Crippen LogP contribution in [-0.2, 0) is 14.6 Å². The summed E-state index contributed by atoms with van der Waals surface area (Å²) in [5.41, 5.74) is 0.420. The van der Waals surface area contributed by atoms with Crippen LogP contribution in [0.4, 0.5) is 5.69 Å². The third-order valence-electron chi connectivity index (χ3n) is 3.46. The molecule has 0 unspecified atom stereocenters. The SMILES string of the molecule is CC(C)(C(=O)Nc1ccc2sc(C(=O)O)cc2c1)S(C)(=O)=O. The van der Waals surface area contributed by atoms with E-state index in [-0.39, 0.29) is 4.88 Å². The number of fused-ring (bicyclic) bond motifs is 1. The summed E-state index contributed by atoms with van der Waals surface area (Å²) in [6.45, 7) is 2.67. The first-order valence-corrected chi connectivity index (χ1v) is 9.01. The smallest absolute Gasteiger partial charge is 0.345 e. The van der Waals surface area contributed by atoms with Crippen molar-refractivity contribution in [3.8, 4) is 0 Å². The van der Waals surface area contributed by atoms with Gasteiger partial charge in [0.2, 0.25) is 5.91 Å².